The Hall–Kier alpha value is -1.17. The summed E-state index contributed by atoms with van der Waals surface area (Å²) in [5.41, 5.74) is 0. The average molecular weight is 318 g/mol. The molecule has 3 atom stereocenters. The van der Waals surface area contributed by atoms with E-state index in [4.69, 9.17) is 14.2 Å². The third kappa shape index (κ3) is 3.52. The van der Waals surface area contributed by atoms with E-state index in [1.165, 1.54) is 19.3 Å². The van der Waals surface area contributed by atoms with Crippen molar-refractivity contribution < 1.29 is 14.2 Å². The highest BCUT2D eigenvalue weighted by atomic mass is 16.5. The van der Waals surface area contributed by atoms with Crippen molar-refractivity contribution in [2.75, 3.05) is 32.9 Å². The van der Waals surface area contributed by atoms with Gasteiger partial charge in [0.15, 0.2) is 0 Å². The van der Waals surface area contributed by atoms with Crippen LogP contribution in [0.4, 0.5) is 0 Å². The van der Waals surface area contributed by atoms with Gasteiger partial charge in [-0.05, 0) is 37.7 Å². The number of hydrogen-bond acceptors (Lipinski definition) is 5. The molecule has 3 aliphatic rings. The number of aromatic nitrogens is 1. The van der Waals surface area contributed by atoms with Crippen LogP contribution >= 0.6 is 0 Å². The SMILES string of the molecule is c1ccc(O[C@@H]2CN(CC3CCOCC3)[C@@H]3CCCO[C@@H]32)nc1. The van der Waals surface area contributed by atoms with E-state index in [1.54, 1.807) is 6.20 Å². The number of nitrogens with zero attached hydrogens (tertiary/aromatic N) is 2. The third-order valence-electron chi connectivity index (χ3n) is 5.33. The van der Waals surface area contributed by atoms with Gasteiger partial charge < -0.3 is 14.2 Å². The Morgan fingerprint density at radius 2 is 2.09 bits per heavy atom. The second kappa shape index (κ2) is 7.16. The van der Waals surface area contributed by atoms with Crippen LogP contribution in [0.15, 0.2) is 24.4 Å². The van der Waals surface area contributed by atoms with Crippen LogP contribution in [0.5, 0.6) is 5.88 Å². The van der Waals surface area contributed by atoms with Gasteiger partial charge in [0.25, 0.3) is 0 Å². The molecule has 0 N–H and O–H groups in total. The summed E-state index contributed by atoms with van der Waals surface area (Å²) in [4.78, 5) is 6.91. The van der Waals surface area contributed by atoms with Gasteiger partial charge in [0, 0.05) is 51.2 Å². The largest absolute Gasteiger partial charge is 0.470 e. The first kappa shape index (κ1) is 15.4. The van der Waals surface area contributed by atoms with Crippen molar-refractivity contribution in [2.24, 2.45) is 5.92 Å². The van der Waals surface area contributed by atoms with E-state index in [1.807, 2.05) is 18.2 Å². The minimum Gasteiger partial charge on any atom is -0.470 e. The van der Waals surface area contributed by atoms with Crippen molar-refractivity contribution in [1.82, 2.24) is 9.88 Å². The van der Waals surface area contributed by atoms with Crippen molar-refractivity contribution in [3.05, 3.63) is 24.4 Å². The molecule has 0 radical (unpaired) electrons. The molecule has 126 valence electrons. The van der Waals surface area contributed by atoms with Crippen LogP contribution in [-0.4, -0.2) is 61.0 Å². The number of pyridine rings is 1. The summed E-state index contributed by atoms with van der Waals surface area (Å²) >= 11 is 0. The lowest BCUT2D eigenvalue weighted by molar-refractivity contribution is -0.0495. The summed E-state index contributed by atoms with van der Waals surface area (Å²) in [6.07, 6.45) is 6.79. The summed E-state index contributed by atoms with van der Waals surface area (Å²) in [5, 5.41) is 0. The van der Waals surface area contributed by atoms with Gasteiger partial charge in [0.1, 0.15) is 12.2 Å². The molecule has 0 aliphatic carbocycles. The molecule has 0 amide bonds. The molecule has 0 saturated carbocycles. The molecule has 5 heteroatoms. The monoisotopic (exact) mass is 318 g/mol. The fourth-order valence-electron chi connectivity index (χ4n) is 4.15. The van der Waals surface area contributed by atoms with Gasteiger partial charge in [-0.3, -0.25) is 4.90 Å². The molecule has 3 fully saturated rings. The molecule has 3 saturated heterocycles. The second-order valence-electron chi connectivity index (χ2n) is 6.88. The number of fused-ring (bicyclic) bond motifs is 1. The molecule has 0 aromatic carbocycles. The van der Waals surface area contributed by atoms with Gasteiger partial charge in [-0.1, -0.05) is 6.07 Å². The lowest BCUT2D eigenvalue weighted by Gasteiger charge is -2.34. The van der Waals surface area contributed by atoms with Crippen molar-refractivity contribution in [3.63, 3.8) is 0 Å². The minimum absolute atomic E-state index is 0.0926. The van der Waals surface area contributed by atoms with Crippen molar-refractivity contribution >= 4 is 0 Å². The Balaban J connectivity index is 1.43. The van der Waals surface area contributed by atoms with Crippen molar-refractivity contribution in [1.29, 1.82) is 0 Å². The van der Waals surface area contributed by atoms with E-state index in [0.717, 1.165) is 45.2 Å². The Morgan fingerprint density at radius 1 is 1.17 bits per heavy atom. The van der Waals surface area contributed by atoms with E-state index in [-0.39, 0.29) is 12.2 Å². The second-order valence-corrected chi connectivity index (χ2v) is 6.88. The third-order valence-corrected chi connectivity index (χ3v) is 5.33. The predicted octanol–water partition coefficient (Wildman–Crippen LogP) is 2.12. The minimum atomic E-state index is 0.0926. The number of rotatable bonds is 4. The Bertz CT molecular complexity index is 492. The van der Waals surface area contributed by atoms with Crippen molar-refractivity contribution in [2.45, 2.75) is 43.9 Å². The maximum Gasteiger partial charge on any atom is 0.213 e. The topological polar surface area (TPSA) is 43.8 Å². The summed E-state index contributed by atoms with van der Waals surface area (Å²) < 4.78 is 17.7. The molecule has 0 unspecified atom stereocenters. The average Bonchev–Trinajstić information content (AvgIpc) is 2.95. The molecule has 0 bridgehead atoms. The normalized spacial score (nSPS) is 32.6. The number of likely N-dealkylation sites (tertiary alicyclic amines) is 1. The van der Waals surface area contributed by atoms with E-state index in [2.05, 4.69) is 9.88 Å². The quantitative estimate of drug-likeness (QED) is 0.851. The first-order valence-electron chi connectivity index (χ1n) is 8.91. The zero-order valence-electron chi connectivity index (χ0n) is 13.6. The summed E-state index contributed by atoms with van der Waals surface area (Å²) in [6.45, 7) is 4.78. The Morgan fingerprint density at radius 3 is 2.91 bits per heavy atom. The maximum absolute atomic E-state index is 6.16. The van der Waals surface area contributed by atoms with E-state index in [0.29, 0.717) is 11.9 Å². The lowest BCUT2D eigenvalue weighted by Crippen LogP contribution is -2.44. The van der Waals surface area contributed by atoms with Crippen LogP contribution in [0.1, 0.15) is 25.7 Å². The van der Waals surface area contributed by atoms with Gasteiger partial charge in [-0.15, -0.1) is 0 Å². The summed E-state index contributed by atoms with van der Waals surface area (Å²) in [7, 11) is 0. The van der Waals surface area contributed by atoms with E-state index >= 15 is 0 Å². The van der Waals surface area contributed by atoms with E-state index in [9.17, 15) is 0 Å². The molecule has 1 aromatic rings. The highest BCUT2D eigenvalue weighted by Crippen LogP contribution is 2.32. The zero-order chi connectivity index (χ0) is 15.5. The van der Waals surface area contributed by atoms with Gasteiger partial charge in [-0.2, -0.15) is 0 Å². The van der Waals surface area contributed by atoms with Gasteiger partial charge in [-0.25, -0.2) is 4.98 Å². The Labute approximate surface area is 137 Å². The molecule has 4 rings (SSSR count). The highest BCUT2D eigenvalue weighted by Gasteiger charge is 2.45. The van der Waals surface area contributed by atoms with E-state index < -0.39 is 0 Å². The highest BCUT2D eigenvalue weighted by molar-refractivity contribution is 5.11. The van der Waals surface area contributed by atoms with Crippen LogP contribution in [0.25, 0.3) is 0 Å². The van der Waals surface area contributed by atoms with Crippen LogP contribution in [0.3, 0.4) is 0 Å². The molecular formula is C18H26N2O3. The van der Waals surface area contributed by atoms with Gasteiger partial charge >= 0.3 is 0 Å². The standard InChI is InChI=1S/C18H26N2O3/c1-2-8-19-17(5-1)23-16-13-20(12-14-6-10-21-11-7-14)15-4-3-9-22-18(15)16/h1-2,5,8,14-16,18H,3-4,6-7,9-13H2/t15-,16-,18+/m1/s1. The molecule has 3 aliphatic heterocycles. The zero-order valence-corrected chi connectivity index (χ0v) is 13.6. The van der Waals surface area contributed by atoms with Gasteiger partial charge in [0.05, 0.1) is 0 Å². The maximum atomic E-state index is 6.16. The molecular weight excluding hydrogens is 292 g/mol. The smallest absolute Gasteiger partial charge is 0.213 e. The van der Waals surface area contributed by atoms with Crippen LogP contribution < -0.4 is 4.74 Å². The van der Waals surface area contributed by atoms with Gasteiger partial charge in [0.2, 0.25) is 5.88 Å². The number of ether oxygens (including phenoxy) is 3. The number of hydrogen-bond donors (Lipinski definition) is 0. The molecule has 4 heterocycles. The lowest BCUT2D eigenvalue weighted by atomic mass is 9.97. The molecule has 0 spiro atoms. The molecule has 1 aromatic heterocycles. The summed E-state index contributed by atoms with van der Waals surface area (Å²) in [5.74, 6) is 1.46. The Kier molecular flexibility index (Phi) is 4.78. The molecule has 5 nitrogen and oxygen atoms in total. The fraction of sp³-hybridized carbons (Fsp3) is 0.722. The fourth-order valence-corrected chi connectivity index (χ4v) is 4.15. The van der Waals surface area contributed by atoms with Crippen LogP contribution in [-0.2, 0) is 9.47 Å². The first-order chi connectivity index (χ1) is 11.4. The summed E-state index contributed by atoms with van der Waals surface area (Å²) in [6, 6.07) is 6.31. The van der Waals surface area contributed by atoms with Crippen LogP contribution in [0.2, 0.25) is 0 Å². The predicted molar refractivity (Wildman–Crippen MR) is 86.5 cm³/mol. The first-order valence-corrected chi connectivity index (χ1v) is 8.91. The van der Waals surface area contributed by atoms with Crippen LogP contribution in [0, 0.1) is 5.92 Å². The molecule has 23 heavy (non-hydrogen) atoms. The van der Waals surface area contributed by atoms with Crippen molar-refractivity contribution in [3.8, 4) is 5.88 Å².